The fourth-order valence-electron chi connectivity index (χ4n) is 1.98. The molecule has 2 heterocycles. The summed E-state index contributed by atoms with van der Waals surface area (Å²) in [5.74, 6) is 2.30. The van der Waals surface area contributed by atoms with Crippen LogP contribution in [0.25, 0.3) is 0 Å². The van der Waals surface area contributed by atoms with Gasteiger partial charge >= 0.3 is 0 Å². The molecule has 0 fully saturated rings. The normalized spacial score (nSPS) is 21.5. The second-order valence-corrected chi connectivity index (χ2v) is 5.07. The summed E-state index contributed by atoms with van der Waals surface area (Å²) in [5.41, 5.74) is 0.394. The maximum Gasteiger partial charge on any atom is 0.0992 e. The minimum atomic E-state index is 0.394. The standard InChI is InChI=1S/C12H18O2Si/c1-15-12(10-6-2-4-8-13-10)11-7-3-5-9-14-11/h6-7,12H,2-5,8-9H2,1H3. The van der Waals surface area contributed by atoms with E-state index in [1.54, 1.807) is 0 Å². The van der Waals surface area contributed by atoms with E-state index in [0.29, 0.717) is 5.54 Å². The van der Waals surface area contributed by atoms with Crippen molar-refractivity contribution >= 4 is 9.52 Å². The highest BCUT2D eigenvalue weighted by molar-refractivity contribution is 6.38. The SMILES string of the molecule is C[Si]C(C1=CCCCO1)C1=CCCCO1. The van der Waals surface area contributed by atoms with Gasteiger partial charge in [0, 0.05) is 0 Å². The van der Waals surface area contributed by atoms with E-state index in [1.807, 2.05) is 0 Å². The molecule has 2 aliphatic heterocycles. The molecule has 2 nitrogen and oxygen atoms in total. The third-order valence-corrected chi connectivity index (χ3v) is 3.93. The molecule has 0 aliphatic carbocycles. The van der Waals surface area contributed by atoms with E-state index in [4.69, 9.17) is 9.47 Å². The molecule has 0 N–H and O–H groups in total. The molecule has 0 amide bonds. The van der Waals surface area contributed by atoms with Gasteiger partial charge in [-0.25, -0.2) is 0 Å². The van der Waals surface area contributed by atoms with Crippen LogP contribution < -0.4 is 0 Å². The molecule has 2 rings (SSSR count). The minimum absolute atomic E-state index is 0.394. The molecule has 0 saturated heterocycles. The van der Waals surface area contributed by atoms with Crippen LogP contribution in [0.15, 0.2) is 23.7 Å². The highest BCUT2D eigenvalue weighted by Gasteiger charge is 2.23. The van der Waals surface area contributed by atoms with Crippen LogP contribution in [0.5, 0.6) is 0 Å². The zero-order valence-corrected chi connectivity index (χ0v) is 10.3. The van der Waals surface area contributed by atoms with Crippen LogP contribution in [-0.4, -0.2) is 22.7 Å². The van der Waals surface area contributed by atoms with Crippen LogP contribution in [0.4, 0.5) is 0 Å². The molecule has 0 spiro atoms. The van der Waals surface area contributed by atoms with Gasteiger partial charge in [0.1, 0.15) is 0 Å². The molecule has 0 bridgehead atoms. The molecule has 0 aromatic rings. The van der Waals surface area contributed by atoms with Crippen molar-refractivity contribution < 1.29 is 9.47 Å². The molecule has 0 aromatic carbocycles. The molecule has 82 valence electrons. The third-order valence-electron chi connectivity index (χ3n) is 2.78. The lowest BCUT2D eigenvalue weighted by Crippen LogP contribution is -2.16. The van der Waals surface area contributed by atoms with Gasteiger partial charge in [0.25, 0.3) is 0 Å². The van der Waals surface area contributed by atoms with Crippen LogP contribution in [-0.2, 0) is 9.47 Å². The van der Waals surface area contributed by atoms with E-state index in [9.17, 15) is 0 Å². The van der Waals surface area contributed by atoms with Crippen LogP contribution in [0.3, 0.4) is 0 Å². The Balaban J connectivity index is 2.08. The quantitative estimate of drug-likeness (QED) is 0.684. The summed E-state index contributed by atoms with van der Waals surface area (Å²) < 4.78 is 11.5. The Labute approximate surface area is 94.2 Å². The molecule has 0 aromatic heterocycles. The van der Waals surface area contributed by atoms with Gasteiger partial charge in [-0.05, 0) is 37.8 Å². The molecule has 2 aliphatic rings. The summed E-state index contributed by atoms with van der Waals surface area (Å²) >= 11 is 0. The van der Waals surface area contributed by atoms with Gasteiger partial charge in [0.05, 0.1) is 39.8 Å². The fraction of sp³-hybridized carbons (Fsp3) is 0.667. The van der Waals surface area contributed by atoms with Gasteiger partial charge in [-0.3, -0.25) is 0 Å². The van der Waals surface area contributed by atoms with Crippen molar-refractivity contribution in [2.45, 2.75) is 37.8 Å². The zero-order chi connectivity index (χ0) is 10.5. The maximum absolute atomic E-state index is 5.73. The molecule has 2 radical (unpaired) electrons. The van der Waals surface area contributed by atoms with E-state index in [-0.39, 0.29) is 0 Å². The summed E-state index contributed by atoms with van der Waals surface area (Å²) in [6.07, 6.45) is 9.10. The molecular weight excluding hydrogens is 204 g/mol. The fourth-order valence-corrected chi connectivity index (χ4v) is 2.95. The Morgan fingerprint density at radius 3 is 1.93 bits per heavy atom. The maximum atomic E-state index is 5.73. The van der Waals surface area contributed by atoms with E-state index in [1.165, 1.54) is 0 Å². The highest BCUT2D eigenvalue weighted by atomic mass is 28.2. The Morgan fingerprint density at radius 1 is 1.07 bits per heavy atom. The largest absolute Gasteiger partial charge is 0.498 e. The van der Waals surface area contributed by atoms with Crippen molar-refractivity contribution in [3.05, 3.63) is 23.7 Å². The Hall–Kier alpha value is -0.703. The van der Waals surface area contributed by atoms with Gasteiger partial charge in [-0.1, -0.05) is 6.55 Å². The first-order valence-electron chi connectivity index (χ1n) is 5.75. The smallest absolute Gasteiger partial charge is 0.0992 e. The van der Waals surface area contributed by atoms with Crippen LogP contribution in [0.2, 0.25) is 12.1 Å². The first-order valence-corrected chi connectivity index (χ1v) is 7.32. The average Bonchev–Trinajstić information content (AvgIpc) is 2.33. The second kappa shape index (κ2) is 5.40. The predicted octanol–water partition coefficient (Wildman–Crippen LogP) is 2.92. The summed E-state index contributed by atoms with van der Waals surface area (Å²) in [5, 5.41) is 0. The Kier molecular flexibility index (Phi) is 3.89. The lowest BCUT2D eigenvalue weighted by atomic mass is 10.1. The van der Waals surface area contributed by atoms with Crippen molar-refractivity contribution in [1.82, 2.24) is 0 Å². The monoisotopic (exact) mass is 222 g/mol. The highest BCUT2D eigenvalue weighted by Crippen LogP contribution is 2.32. The second-order valence-electron chi connectivity index (χ2n) is 3.92. The summed E-state index contributed by atoms with van der Waals surface area (Å²) in [7, 11) is 0.824. The number of hydrogen-bond acceptors (Lipinski definition) is 2. The third kappa shape index (κ3) is 2.65. The van der Waals surface area contributed by atoms with Crippen LogP contribution in [0.1, 0.15) is 25.7 Å². The number of ether oxygens (including phenoxy) is 2. The zero-order valence-electron chi connectivity index (χ0n) is 9.29. The summed E-state index contributed by atoms with van der Waals surface area (Å²) in [6, 6.07) is 0. The molecule has 0 unspecified atom stereocenters. The summed E-state index contributed by atoms with van der Waals surface area (Å²) in [4.78, 5) is 0. The topological polar surface area (TPSA) is 18.5 Å². The first-order chi connectivity index (χ1) is 7.42. The Morgan fingerprint density at radius 2 is 1.60 bits per heavy atom. The van der Waals surface area contributed by atoms with Crippen molar-refractivity contribution in [3.8, 4) is 0 Å². The van der Waals surface area contributed by atoms with Gasteiger partial charge in [-0.2, -0.15) is 0 Å². The Bertz CT molecular complexity index is 245. The molecule has 3 heteroatoms. The molecule has 15 heavy (non-hydrogen) atoms. The van der Waals surface area contributed by atoms with Gasteiger partial charge in [0.15, 0.2) is 0 Å². The summed E-state index contributed by atoms with van der Waals surface area (Å²) in [6.45, 7) is 3.97. The van der Waals surface area contributed by atoms with Crippen molar-refractivity contribution in [2.24, 2.45) is 0 Å². The van der Waals surface area contributed by atoms with Crippen LogP contribution >= 0.6 is 0 Å². The lowest BCUT2D eigenvalue weighted by molar-refractivity contribution is 0.151. The van der Waals surface area contributed by atoms with Crippen LogP contribution in [0, 0.1) is 0 Å². The van der Waals surface area contributed by atoms with E-state index >= 15 is 0 Å². The van der Waals surface area contributed by atoms with Crippen molar-refractivity contribution in [1.29, 1.82) is 0 Å². The van der Waals surface area contributed by atoms with E-state index in [0.717, 1.165) is 59.9 Å². The molecular formula is C12H18O2Si. The molecule has 0 atom stereocenters. The first kappa shape index (κ1) is 10.8. The predicted molar refractivity (Wildman–Crippen MR) is 61.9 cm³/mol. The number of allylic oxidation sites excluding steroid dienone is 2. The van der Waals surface area contributed by atoms with Gasteiger partial charge in [-0.15, -0.1) is 0 Å². The van der Waals surface area contributed by atoms with Crippen molar-refractivity contribution in [3.63, 3.8) is 0 Å². The van der Waals surface area contributed by atoms with E-state index < -0.39 is 0 Å². The van der Waals surface area contributed by atoms with Gasteiger partial charge < -0.3 is 9.47 Å². The van der Waals surface area contributed by atoms with E-state index in [2.05, 4.69) is 18.7 Å². The average molecular weight is 222 g/mol. The molecule has 0 saturated carbocycles. The minimum Gasteiger partial charge on any atom is -0.498 e. The van der Waals surface area contributed by atoms with Gasteiger partial charge in [0.2, 0.25) is 0 Å². The lowest BCUT2D eigenvalue weighted by Gasteiger charge is -2.26. The number of rotatable bonds is 3. The van der Waals surface area contributed by atoms with Crippen molar-refractivity contribution in [2.75, 3.05) is 13.2 Å². The number of hydrogen-bond donors (Lipinski definition) is 0.